The third-order valence-corrected chi connectivity index (χ3v) is 5.02. The number of nitrogens with one attached hydrogen (secondary N) is 1. The van der Waals surface area contributed by atoms with Crippen LogP contribution in [0.1, 0.15) is 11.1 Å². The molecule has 0 aliphatic carbocycles. The van der Waals surface area contributed by atoms with Crippen LogP contribution in [0.25, 0.3) is 6.08 Å². The van der Waals surface area contributed by atoms with Gasteiger partial charge in [0.2, 0.25) is 0 Å². The van der Waals surface area contributed by atoms with Crippen LogP contribution in [0.5, 0.6) is 11.5 Å². The molecule has 0 aliphatic rings. The second-order valence-corrected chi connectivity index (χ2v) is 7.81. The molecular weight excluding hydrogens is 480 g/mol. The lowest BCUT2D eigenvalue weighted by atomic mass is 10.1. The lowest BCUT2D eigenvalue weighted by Crippen LogP contribution is -2.13. The molecule has 31 heavy (non-hydrogen) atoms. The van der Waals surface area contributed by atoms with E-state index in [9.17, 15) is 10.1 Å². The second kappa shape index (κ2) is 10.7. The predicted octanol–water partition coefficient (Wildman–Crippen LogP) is 6.24. The number of methoxy groups -OCH3 is 1. The molecule has 7 heteroatoms. The van der Waals surface area contributed by atoms with E-state index < -0.39 is 5.91 Å². The molecule has 0 aliphatic heterocycles. The third-order valence-electron chi connectivity index (χ3n) is 4.25. The van der Waals surface area contributed by atoms with Crippen LogP contribution >= 0.6 is 27.5 Å². The van der Waals surface area contributed by atoms with Gasteiger partial charge in [0, 0.05) is 15.2 Å². The Balaban J connectivity index is 1.74. The number of halogens is 2. The quantitative estimate of drug-likeness (QED) is 0.310. The van der Waals surface area contributed by atoms with Crippen LogP contribution < -0.4 is 14.8 Å². The van der Waals surface area contributed by atoms with E-state index in [0.717, 1.165) is 10.0 Å². The Morgan fingerprint density at radius 3 is 2.58 bits per heavy atom. The number of rotatable bonds is 7. The highest BCUT2D eigenvalue weighted by Crippen LogP contribution is 2.30. The summed E-state index contributed by atoms with van der Waals surface area (Å²) in [6.07, 6.45) is 1.49. The lowest BCUT2D eigenvalue weighted by molar-refractivity contribution is -0.112. The summed E-state index contributed by atoms with van der Waals surface area (Å²) in [6.45, 7) is 0.379. The molecule has 0 aromatic heterocycles. The topological polar surface area (TPSA) is 71.3 Å². The first kappa shape index (κ1) is 22.4. The molecule has 0 fully saturated rings. The van der Waals surface area contributed by atoms with Crippen LogP contribution in [-0.4, -0.2) is 13.0 Å². The zero-order valence-corrected chi connectivity index (χ0v) is 18.9. The number of hydrogen-bond acceptors (Lipinski definition) is 4. The van der Waals surface area contributed by atoms with Crippen LogP contribution in [0.3, 0.4) is 0 Å². The van der Waals surface area contributed by atoms with E-state index in [2.05, 4.69) is 21.2 Å². The number of nitrogens with zero attached hydrogens (tertiary/aromatic N) is 1. The SMILES string of the molecule is COc1cc(/C=C(\C#N)C(=O)Nc2cccc(Cl)c2)ccc1OCc1ccc(Br)cc1. The maximum atomic E-state index is 12.5. The third kappa shape index (κ3) is 6.35. The summed E-state index contributed by atoms with van der Waals surface area (Å²) in [5.41, 5.74) is 2.10. The van der Waals surface area contributed by atoms with Gasteiger partial charge in [-0.25, -0.2) is 0 Å². The first-order chi connectivity index (χ1) is 15.0. The van der Waals surface area contributed by atoms with Gasteiger partial charge in [-0.1, -0.05) is 51.8 Å². The minimum absolute atomic E-state index is 0.0504. The van der Waals surface area contributed by atoms with Crippen molar-refractivity contribution < 1.29 is 14.3 Å². The molecule has 0 unspecified atom stereocenters. The second-order valence-electron chi connectivity index (χ2n) is 6.46. The number of nitriles is 1. The average molecular weight is 498 g/mol. The Hall–Kier alpha value is -3.27. The molecule has 1 N–H and O–H groups in total. The number of carbonyl (C=O) groups excluding carboxylic acids is 1. The number of ether oxygens (including phenoxy) is 2. The predicted molar refractivity (Wildman–Crippen MR) is 125 cm³/mol. The largest absolute Gasteiger partial charge is 0.493 e. The van der Waals surface area contributed by atoms with Gasteiger partial charge in [-0.05, 0) is 59.7 Å². The normalized spacial score (nSPS) is 10.8. The van der Waals surface area contributed by atoms with Crippen LogP contribution in [0, 0.1) is 11.3 Å². The Morgan fingerprint density at radius 1 is 1.13 bits per heavy atom. The highest BCUT2D eigenvalue weighted by molar-refractivity contribution is 9.10. The van der Waals surface area contributed by atoms with Crippen LogP contribution in [-0.2, 0) is 11.4 Å². The molecule has 3 rings (SSSR count). The molecule has 5 nitrogen and oxygen atoms in total. The zero-order chi connectivity index (χ0) is 22.2. The van der Waals surface area contributed by atoms with Crippen molar-refractivity contribution in [2.45, 2.75) is 6.61 Å². The van der Waals surface area contributed by atoms with E-state index >= 15 is 0 Å². The molecule has 0 bridgehead atoms. The highest BCUT2D eigenvalue weighted by atomic mass is 79.9. The van der Waals surface area contributed by atoms with Crippen molar-refractivity contribution in [1.82, 2.24) is 0 Å². The molecule has 0 atom stereocenters. The number of amides is 1. The molecule has 1 amide bonds. The molecular formula is C24H18BrClN2O3. The molecule has 156 valence electrons. The fraction of sp³-hybridized carbons (Fsp3) is 0.0833. The number of carbonyl (C=O) groups is 1. The fourth-order valence-electron chi connectivity index (χ4n) is 2.71. The van der Waals surface area contributed by atoms with E-state index in [1.54, 1.807) is 42.5 Å². The maximum absolute atomic E-state index is 12.5. The van der Waals surface area contributed by atoms with Gasteiger partial charge in [0.25, 0.3) is 5.91 Å². The van der Waals surface area contributed by atoms with E-state index in [-0.39, 0.29) is 5.57 Å². The van der Waals surface area contributed by atoms with Gasteiger partial charge in [-0.2, -0.15) is 5.26 Å². The summed E-state index contributed by atoms with van der Waals surface area (Å²) in [5.74, 6) is 0.530. The van der Waals surface area contributed by atoms with Crippen molar-refractivity contribution >= 4 is 45.2 Å². The summed E-state index contributed by atoms with van der Waals surface area (Å²) in [7, 11) is 1.53. The van der Waals surface area contributed by atoms with Crippen molar-refractivity contribution in [2.75, 3.05) is 12.4 Å². The van der Waals surface area contributed by atoms with Crippen molar-refractivity contribution in [3.63, 3.8) is 0 Å². The van der Waals surface area contributed by atoms with Gasteiger partial charge in [-0.3, -0.25) is 4.79 Å². The molecule has 0 heterocycles. The smallest absolute Gasteiger partial charge is 0.266 e. The molecule has 3 aromatic carbocycles. The zero-order valence-electron chi connectivity index (χ0n) is 16.6. The van der Waals surface area contributed by atoms with Gasteiger partial charge in [0.05, 0.1) is 7.11 Å². The summed E-state index contributed by atoms with van der Waals surface area (Å²) in [4.78, 5) is 12.5. The van der Waals surface area contributed by atoms with Crippen molar-refractivity contribution in [1.29, 1.82) is 5.26 Å². The van der Waals surface area contributed by atoms with E-state index in [0.29, 0.717) is 34.4 Å². The van der Waals surface area contributed by atoms with Crippen molar-refractivity contribution in [2.24, 2.45) is 0 Å². The van der Waals surface area contributed by atoms with E-state index in [1.165, 1.54) is 13.2 Å². The first-order valence-corrected chi connectivity index (χ1v) is 10.4. The maximum Gasteiger partial charge on any atom is 0.266 e. The van der Waals surface area contributed by atoms with Gasteiger partial charge in [0.1, 0.15) is 18.2 Å². The van der Waals surface area contributed by atoms with Gasteiger partial charge in [-0.15, -0.1) is 0 Å². The van der Waals surface area contributed by atoms with Gasteiger partial charge < -0.3 is 14.8 Å². The highest BCUT2D eigenvalue weighted by Gasteiger charge is 2.12. The number of benzene rings is 3. The summed E-state index contributed by atoms with van der Waals surface area (Å²) < 4.78 is 12.3. The van der Waals surface area contributed by atoms with Crippen molar-refractivity contribution in [3.05, 3.63) is 92.9 Å². The Bertz CT molecular complexity index is 1150. The Kier molecular flexibility index (Phi) is 7.71. The Morgan fingerprint density at radius 2 is 1.90 bits per heavy atom. The van der Waals surface area contributed by atoms with Crippen LogP contribution in [0.2, 0.25) is 5.02 Å². The molecule has 0 saturated heterocycles. The molecule has 3 aromatic rings. The van der Waals surface area contributed by atoms with E-state index in [1.807, 2.05) is 30.3 Å². The monoisotopic (exact) mass is 496 g/mol. The average Bonchev–Trinajstić information content (AvgIpc) is 2.77. The minimum Gasteiger partial charge on any atom is -0.493 e. The molecule has 0 radical (unpaired) electrons. The summed E-state index contributed by atoms with van der Waals surface area (Å²) in [5, 5.41) is 12.6. The standard InChI is InChI=1S/C24H18BrClN2O3/c1-30-23-12-17(7-10-22(23)31-15-16-5-8-19(25)9-6-16)11-18(14-27)24(29)28-21-4-2-3-20(26)13-21/h2-13H,15H2,1H3,(H,28,29)/b18-11+. The lowest BCUT2D eigenvalue weighted by Gasteiger charge is -2.12. The number of anilines is 1. The van der Waals surface area contributed by atoms with Crippen LogP contribution in [0.4, 0.5) is 5.69 Å². The van der Waals surface area contributed by atoms with Crippen molar-refractivity contribution in [3.8, 4) is 17.6 Å². The summed E-state index contributed by atoms with van der Waals surface area (Å²) in [6, 6.07) is 21.7. The molecule has 0 spiro atoms. The minimum atomic E-state index is -0.528. The Labute approximate surface area is 194 Å². The van der Waals surface area contributed by atoms with Gasteiger partial charge >= 0.3 is 0 Å². The first-order valence-electron chi connectivity index (χ1n) is 9.22. The number of hydrogen-bond donors (Lipinski definition) is 1. The van der Waals surface area contributed by atoms with Crippen LogP contribution in [0.15, 0.2) is 76.8 Å². The van der Waals surface area contributed by atoms with E-state index in [4.69, 9.17) is 21.1 Å². The van der Waals surface area contributed by atoms with Gasteiger partial charge in [0.15, 0.2) is 11.5 Å². The molecule has 0 saturated carbocycles. The fourth-order valence-corrected chi connectivity index (χ4v) is 3.17. The summed E-state index contributed by atoms with van der Waals surface area (Å²) >= 11 is 9.34.